The summed E-state index contributed by atoms with van der Waals surface area (Å²) in [5.74, 6) is -0.350. The zero-order valence-corrected chi connectivity index (χ0v) is 16.6. The highest BCUT2D eigenvalue weighted by Crippen LogP contribution is 2.34. The van der Waals surface area contributed by atoms with Crippen LogP contribution in [0.15, 0.2) is 53.0 Å². The van der Waals surface area contributed by atoms with E-state index < -0.39 is 12.1 Å². The Bertz CT molecular complexity index is 728. The Hall–Kier alpha value is -1.53. The number of rotatable bonds is 6. The molecule has 0 unspecified atom stereocenters. The van der Waals surface area contributed by atoms with Gasteiger partial charge in [-0.1, -0.05) is 36.4 Å². The number of hydrogen-bond donors (Lipinski definition) is 0. The molecule has 1 heterocycles. The van der Waals surface area contributed by atoms with E-state index in [1.165, 1.54) is 0 Å². The van der Waals surface area contributed by atoms with Gasteiger partial charge in [-0.25, -0.2) is 0 Å². The molecular weight excluding hydrogens is 419 g/mol. The monoisotopic (exact) mass is 441 g/mol. The quantitative estimate of drug-likeness (QED) is 0.557. The van der Waals surface area contributed by atoms with E-state index in [-0.39, 0.29) is 12.8 Å². The van der Waals surface area contributed by atoms with Crippen molar-refractivity contribution in [3.63, 3.8) is 0 Å². The zero-order valence-electron chi connectivity index (χ0n) is 15.0. The second kappa shape index (κ2) is 9.11. The van der Waals surface area contributed by atoms with E-state index in [2.05, 4.69) is 20.8 Å². The summed E-state index contributed by atoms with van der Waals surface area (Å²) < 4.78 is 45.0. The smallest absolute Gasteiger partial charge is 0.391 e. The lowest BCUT2D eigenvalue weighted by atomic mass is 9.96. The summed E-state index contributed by atoms with van der Waals surface area (Å²) >= 11 is 3.55. The summed E-state index contributed by atoms with van der Waals surface area (Å²) in [6.07, 6.45) is -2.82. The third-order valence-corrected chi connectivity index (χ3v) is 5.62. The van der Waals surface area contributed by atoms with Crippen LogP contribution >= 0.6 is 15.9 Å². The summed E-state index contributed by atoms with van der Waals surface area (Å²) in [4.78, 5) is 2.12. The highest BCUT2D eigenvalue weighted by atomic mass is 79.9. The van der Waals surface area contributed by atoms with Crippen molar-refractivity contribution in [2.45, 2.75) is 32.0 Å². The molecule has 146 valence electrons. The van der Waals surface area contributed by atoms with Crippen LogP contribution in [0, 0.1) is 5.92 Å². The number of piperidine rings is 1. The molecule has 2 nitrogen and oxygen atoms in total. The Labute approximate surface area is 166 Å². The summed E-state index contributed by atoms with van der Waals surface area (Å²) in [6.45, 7) is 2.32. The maximum atomic E-state index is 12.7. The molecule has 2 aromatic rings. The van der Waals surface area contributed by atoms with E-state index in [1.54, 1.807) is 0 Å². The molecule has 1 aliphatic rings. The van der Waals surface area contributed by atoms with E-state index in [1.807, 2.05) is 48.5 Å². The van der Waals surface area contributed by atoms with Gasteiger partial charge in [-0.05, 0) is 71.5 Å². The second-order valence-corrected chi connectivity index (χ2v) is 7.80. The van der Waals surface area contributed by atoms with Gasteiger partial charge in [-0.2, -0.15) is 13.2 Å². The topological polar surface area (TPSA) is 12.5 Å². The summed E-state index contributed by atoms with van der Waals surface area (Å²) in [5.41, 5.74) is 2.25. The van der Waals surface area contributed by atoms with Crippen molar-refractivity contribution in [2.75, 3.05) is 19.6 Å². The van der Waals surface area contributed by atoms with Crippen LogP contribution in [0.2, 0.25) is 0 Å². The molecule has 0 radical (unpaired) electrons. The summed E-state index contributed by atoms with van der Waals surface area (Å²) in [7, 11) is 0. The molecule has 0 bridgehead atoms. The van der Waals surface area contributed by atoms with Crippen molar-refractivity contribution in [2.24, 2.45) is 5.92 Å². The van der Waals surface area contributed by atoms with Crippen molar-refractivity contribution >= 4 is 15.9 Å². The lowest BCUT2D eigenvalue weighted by Crippen LogP contribution is -2.39. The van der Waals surface area contributed by atoms with Crippen LogP contribution in [0.25, 0.3) is 0 Å². The molecule has 1 fully saturated rings. The first-order valence-corrected chi connectivity index (χ1v) is 9.95. The maximum absolute atomic E-state index is 12.7. The molecular formula is C21H23BrF3NO. The molecule has 0 saturated carbocycles. The molecule has 1 saturated heterocycles. The molecule has 3 rings (SSSR count). The Kier molecular flexibility index (Phi) is 6.82. The third-order valence-electron chi connectivity index (χ3n) is 5.00. The minimum Gasteiger partial charge on any atom is -0.488 e. The van der Waals surface area contributed by atoms with Crippen LogP contribution in [0.3, 0.4) is 0 Å². The predicted octanol–water partition coefficient (Wildman–Crippen LogP) is 5.84. The van der Waals surface area contributed by atoms with Gasteiger partial charge in [0.15, 0.2) is 0 Å². The molecule has 27 heavy (non-hydrogen) atoms. The molecule has 1 aliphatic heterocycles. The number of alkyl halides is 3. The van der Waals surface area contributed by atoms with Crippen LogP contribution in [-0.2, 0) is 13.0 Å². The number of hydrogen-bond acceptors (Lipinski definition) is 2. The molecule has 6 heteroatoms. The fourth-order valence-corrected chi connectivity index (χ4v) is 3.86. The number of ether oxygens (including phenoxy) is 1. The molecule has 0 amide bonds. The minimum atomic E-state index is -4.05. The van der Waals surface area contributed by atoms with Crippen LogP contribution in [0.4, 0.5) is 13.2 Å². The van der Waals surface area contributed by atoms with Crippen molar-refractivity contribution in [1.82, 2.24) is 4.90 Å². The molecule has 2 aromatic carbocycles. The van der Waals surface area contributed by atoms with Crippen LogP contribution in [0.1, 0.15) is 24.0 Å². The van der Waals surface area contributed by atoms with E-state index in [4.69, 9.17) is 4.74 Å². The Morgan fingerprint density at radius 2 is 1.70 bits per heavy atom. The molecule has 0 aromatic heterocycles. The van der Waals surface area contributed by atoms with Crippen LogP contribution < -0.4 is 4.74 Å². The average Bonchev–Trinajstić information content (AvgIpc) is 2.66. The zero-order chi connectivity index (χ0) is 19.3. The SMILES string of the molecule is FC(F)(F)C1CCN(CCc2ccc(OCc3ccccc3)c(Br)c2)CC1. The predicted molar refractivity (Wildman–Crippen MR) is 104 cm³/mol. The molecule has 0 spiro atoms. The van der Waals surface area contributed by atoms with Gasteiger partial charge in [-0.15, -0.1) is 0 Å². The van der Waals surface area contributed by atoms with Crippen molar-refractivity contribution in [1.29, 1.82) is 0 Å². The highest BCUT2D eigenvalue weighted by molar-refractivity contribution is 9.10. The Morgan fingerprint density at radius 1 is 1.00 bits per heavy atom. The molecule has 0 aliphatic carbocycles. The number of halogens is 4. The average molecular weight is 442 g/mol. The fourth-order valence-electron chi connectivity index (χ4n) is 3.32. The third kappa shape index (κ3) is 5.98. The Balaban J connectivity index is 1.47. The van der Waals surface area contributed by atoms with Crippen molar-refractivity contribution < 1.29 is 17.9 Å². The first-order chi connectivity index (χ1) is 12.9. The van der Waals surface area contributed by atoms with Gasteiger partial charge in [0.2, 0.25) is 0 Å². The van der Waals surface area contributed by atoms with E-state index in [9.17, 15) is 13.2 Å². The summed E-state index contributed by atoms with van der Waals surface area (Å²) in [5, 5.41) is 0. The molecule has 0 N–H and O–H groups in total. The second-order valence-electron chi connectivity index (χ2n) is 6.95. The fraction of sp³-hybridized carbons (Fsp3) is 0.429. The first kappa shape index (κ1) is 20.2. The lowest BCUT2D eigenvalue weighted by Gasteiger charge is -2.32. The molecule has 0 atom stereocenters. The minimum absolute atomic E-state index is 0.208. The summed E-state index contributed by atoms with van der Waals surface area (Å²) in [6, 6.07) is 16.0. The number of benzene rings is 2. The Morgan fingerprint density at radius 3 is 2.33 bits per heavy atom. The normalized spacial score (nSPS) is 16.4. The maximum Gasteiger partial charge on any atom is 0.391 e. The van der Waals surface area contributed by atoms with Gasteiger partial charge in [0, 0.05) is 6.54 Å². The number of likely N-dealkylation sites (tertiary alicyclic amines) is 1. The highest BCUT2D eigenvalue weighted by Gasteiger charge is 2.40. The number of nitrogens with zero attached hydrogens (tertiary/aromatic N) is 1. The van der Waals surface area contributed by atoms with Gasteiger partial charge in [0.05, 0.1) is 10.4 Å². The van der Waals surface area contributed by atoms with Crippen molar-refractivity contribution in [3.05, 3.63) is 64.1 Å². The van der Waals surface area contributed by atoms with Gasteiger partial charge in [0.25, 0.3) is 0 Å². The van der Waals surface area contributed by atoms with Gasteiger partial charge in [-0.3, -0.25) is 0 Å². The van der Waals surface area contributed by atoms with Gasteiger partial charge in [0.1, 0.15) is 12.4 Å². The largest absolute Gasteiger partial charge is 0.488 e. The van der Waals surface area contributed by atoms with E-state index >= 15 is 0 Å². The van der Waals surface area contributed by atoms with E-state index in [0.717, 1.165) is 34.3 Å². The van der Waals surface area contributed by atoms with Crippen LogP contribution in [-0.4, -0.2) is 30.7 Å². The van der Waals surface area contributed by atoms with Gasteiger partial charge >= 0.3 is 6.18 Å². The van der Waals surface area contributed by atoms with Crippen LogP contribution in [0.5, 0.6) is 5.75 Å². The lowest BCUT2D eigenvalue weighted by molar-refractivity contribution is -0.185. The first-order valence-electron chi connectivity index (χ1n) is 9.16. The van der Waals surface area contributed by atoms with Gasteiger partial charge < -0.3 is 9.64 Å². The van der Waals surface area contributed by atoms with Crippen molar-refractivity contribution in [3.8, 4) is 5.75 Å². The van der Waals surface area contributed by atoms with E-state index in [0.29, 0.717) is 19.7 Å². The standard InChI is InChI=1S/C21H23BrF3NO/c22-19-14-16(6-7-20(19)27-15-17-4-2-1-3-5-17)8-11-26-12-9-18(10-13-26)21(23,24)25/h1-7,14,18H,8-13,15H2.